The summed E-state index contributed by atoms with van der Waals surface area (Å²) < 4.78 is 5.40. The third-order valence-corrected chi connectivity index (χ3v) is 4.87. The number of piperazine rings is 1. The van der Waals surface area contributed by atoms with Gasteiger partial charge in [0.2, 0.25) is 5.91 Å². The van der Waals surface area contributed by atoms with Crippen molar-refractivity contribution >= 4 is 11.6 Å². The van der Waals surface area contributed by atoms with Crippen molar-refractivity contribution in [2.45, 2.75) is 20.3 Å². The Balaban J connectivity index is 1.62. The first-order valence-electron chi connectivity index (χ1n) is 8.80. The molecule has 25 heavy (non-hydrogen) atoms. The summed E-state index contributed by atoms with van der Waals surface area (Å²) in [5.41, 5.74) is 4.67. The largest absolute Gasteiger partial charge is 0.496 e. The van der Waals surface area contributed by atoms with Gasteiger partial charge in [0.25, 0.3) is 0 Å². The third-order valence-electron chi connectivity index (χ3n) is 4.87. The minimum atomic E-state index is 0.174. The van der Waals surface area contributed by atoms with Crippen molar-refractivity contribution in [3.05, 3.63) is 59.2 Å². The number of amides is 1. The molecule has 0 spiro atoms. The lowest BCUT2D eigenvalue weighted by Crippen LogP contribution is -2.49. The van der Waals surface area contributed by atoms with Crippen molar-refractivity contribution in [3.8, 4) is 5.75 Å². The molecular weight excluding hydrogens is 312 g/mol. The molecule has 0 unspecified atom stereocenters. The number of rotatable bonds is 4. The molecule has 0 aliphatic carbocycles. The molecule has 1 saturated heterocycles. The summed E-state index contributed by atoms with van der Waals surface area (Å²) in [4.78, 5) is 17.0. The quantitative estimate of drug-likeness (QED) is 0.858. The van der Waals surface area contributed by atoms with Gasteiger partial charge < -0.3 is 14.5 Å². The number of aryl methyl sites for hydroxylation is 2. The van der Waals surface area contributed by atoms with Gasteiger partial charge >= 0.3 is 0 Å². The number of nitrogens with zero attached hydrogens (tertiary/aromatic N) is 2. The summed E-state index contributed by atoms with van der Waals surface area (Å²) in [5, 5.41) is 0. The summed E-state index contributed by atoms with van der Waals surface area (Å²) in [6.07, 6.45) is 0.398. The van der Waals surface area contributed by atoms with Crippen LogP contribution in [0.4, 0.5) is 5.69 Å². The summed E-state index contributed by atoms with van der Waals surface area (Å²) in [7, 11) is 1.65. The number of para-hydroxylation sites is 1. The predicted octanol–water partition coefficient (Wildman–Crippen LogP) is 3.20. The SMILES string of the molecule is COc1ccc(C)cc1CC(=O)N1CCN(c2ccccc2C)CC1. The van der Waals surface area contributed by atoms with E-state index in [0.29, 0.717) is 6.42 Å². The molecule has 0 atom stereocenters. The molecule has 0 radical (unpaired) electrons. The smallest absolute Gasteiger partial charge is 0.227 e. The van der Waals surface area contributed by atoms with Crippen molar-refractivity contribution in [1.82, 2.24) is 4.90 Å². The lowest BCUT2D eigenvalue weighted by Gasteiger charge is -2.37. The van der Waals surface area contributed by atoms with Crippen LogP contribution >= 0.6 is 0 Å². The second-order valence-corrected chi connectivity index (χ2v) is 6.65. The number of benzene rings is 2. The Morgan fingerprint density at radius 2 is 1.76 bits per heavy atom. The molecule has 1 aliphatic rings. The van der Waals surface area contributed by atoms with Gasteiger partial charge in [0.1, 0.15) is 5.75 Å². The molecule has 1 heterocycles. The van der Waals surface area contributed by atoms with Crippen LogP contribution in [0.15, 0.2) is 42.5 Å². The molecule has 0 N–H and O–H groups in total. The maximum atomic E-state index is 12.7. The van der Waals surface area contributed by atoms with Gasteiger partial charge in [-0.3, -0.25) is 4.79 Å². The average Bonchev–Trinajstić information content (AvgIpc) is 2.62. The minimum Gasteiger partial charge on any atom is -0.496 e. The van der Waals surface area contributed by atoms with E-state index in [9.17, 15) is 4.79 Å². The van der Waals surface area contributed by atoms with Crippen LogP contribution in [-0.4, -0.2) is 44.1 Å². The Kier molecular flexibility index (Phi) is 5.27. The number of ether oxygens (including phenoxy) is 1. The average molecular weight is 338 g/mol. The van der Waals surface area contributed by atoms with E-state index in [1.165, 1.54) is 11.3 Å². The highest BCUT2D eigenvalue weighted by atomic mass is 16.5. The van der Waals surface area contributed by atoms with Crippen LogP contribution in [0.1, 0.15) is 16.7 Å². The van der Waals surface area contributed by atoms with Gasteiger partial charge in [0, 0.05) is 37.4 Å². The number of methoxy groups -OCH3 is 1. The molecule has 4 heteroatoms. The van der Waals surface area contributed by atoms with Gasteiger partial charge in [0.05, 0.1) is 13.5 Å². The van der Waals surface area contributed by atoms with Gasteiger partial charge in [-0.2, -0.15) is 0 Å². The second-order valence-electron chi connectivity index (χ2n) is 6.65. The molecule has 132 valence electrons. The number of anilines is 1. The lowest BCUT2D eigenvalue weighted by molar-refractivity contribution is -0.130. The van der Waals surface area contributed by atoms with E-state index < -0.39 is 0 Å². The van der Waals surface area contributed by atoms with E-state index in [1.807, 2.05) is 30.0 Å². The molecular formula is C21H26N2O2. The number of carbonyl (C=O) groups is 1. The Morgan fingerprint density at radius 3 is 2.44 bits per heavy atom. The number of hydrogen-bond acceptors (Lipinski definition) is 3. The van der Waals surface area contributed by atoms with Gasteiger partial charge in [-0.25, -0.2) is 0 Å². The highest BCUT2D eigenvalue weighted by Crippen LogP contribution is 2.23. The Bertz CT molecular complexity index is 749. The molecule has 1 amide bonds. The van der Waals surface area contributed by atoms with E-state index in [0.717, 1.165) is 43.1 Å². The fourth-order valence-corrected chi connectivity index (χ4v) is 3.44. The summed E-state index contributed by atoms with van der Waals surface area (Å²) in [6.45, 7) is 7.46. The van der Waals surface area contributed by atoms with Crippen molar-refractivity contribution in [2.75, 3.05) is 38.2 Å². The maximum Gasteiger partial charge on any atom is 0.227 e. The first-order valence-corrected chi connectivity index (χ1v) is 8.80. The van der Waals surface area contributed by atoms with E-state index >= 15 is 0 Å². The molecule has 0 aromatic heterocycles. The highest BCUT2D eigenvalue weighted by molar-refractivity contribution is 5.80. The van der Waals surface area contributed by atoms with Crippen molar-refractivity contribution < 1.29 is 9.53 Å². The summed E-state index contributed by atoms with van der Waals surface area (Å²) in [6, 6.07) is 14.4. The Morgan fingerprint density at radius 1 is 1.04 bits per heavy atom. The van der Waals surface area contributed by atoms with Crippen LogP contribution < -0.4 is 9.64 Å². The number of carbonyl (C=O) groups excluding carboxylic acids is 1. The van der Waals surface area contributed by atoms with E-state index in [2.05, 4.69) is 36.1 Å². The maximum absolute atomic E-state index is 12.7. The van der Waals surface area contributed by atoms with Crippen LogP contribution in [0.3, 0.4) is 0 Å². The van der Waals surface area contributed by atoms with E-state index in [4.69, 9.17) is 4.74 Å². The first-order chi connectivity index (χ1) is 12.1. The third kappa shape index (κ3) is 3.95. The first kappa shape index (κ1) is 17.3. The van der Waals surface area contributed by atoms with Crippen molar-refractivity contribution in [1.29, 1.82) is 0 Å². The Hall–Kier alpha value is -2.49. The molecule has 1 aliphatic heterocycles. The molecule has 3 rings (SSSR count). The van der Waals surface area contributed by atoms with Gasteiger partial charge in [-0.05, 0) is 31.5 Å². The van der Waals surface area contributed by atoms with Crippen LogP contribution in [0, 0.1) is 13.8 Å². The van der Waals surface area contributed by atoms with Crippen molar-refractivity contribution in [3.63, 3.8) is 0 Å². The fourth-order valence-electron chi connectivity index (χ4n) is 3.44. The highest BCUT2D eigenvalue weighted by Gasteiger charge is 2.22. The topological polar surface area (TPSA) is 32.8 Å². The summed E-state index contributed by atoms with van der Waals surface area (Å²) in [5.74, 6) is 0.964. The monoisotopic (exact) mass is 338 g/mol. The molecule has 0 bridgehead atoms. The van der Waals surface area contributed by atoms with Gasteiger partial charge in [-0.1, -0.05) is 35.9 Å². The van der Waals surface area contributed by atoms with Crippen LogP contribution in [-0.2, 0) is 11.2 Å². The zero-order valence-electron chi connectivity index (χ0n) is 15.3. The van der Waals surface area contributed by atoms with Crippen LogP contribution in [0.2, 0.25) is 0 Å². The van der Waals surface area contributed by atoms with Crippen molar-refractivity contribution in [2.24, 2.45) is 0 Å². The summed E-state index contributed by atoms with van der Waals surface area (Å²) >= 11 is 0. The fraction of sp³-hybridized carbons (Fsp3) is 0.381. The Labute approximate surface area is 150 Å². The standard InChI is InChI=1S/C21H26N2O2/c1-16-8-9-20(25-3)18(14-16)15-21(24)23-12-10-22(11-13-23)19-7-5-4-6-17(19)2/h4-9,14H,10-13,15H2,1-3H3. The second kappa shape index (κ2) is 7.60. The zero-order chi connectivity index (χ0) is 17.8. The van der Waals surface area contributed by atoms with E-state index in [-0.39, 0.29) is 5.91 Å². The molecule has 2 aromatic carbocycles. The predicted molar refractivity (Wildman–Crippen MR) is 101 cm³/mol. The van der Waals surface area contributed by atoms with Crippen LogP contribution in [0.5, 0.6) is 5.75 Å². The van der Waals surface area contributed by atoms with E-state index in [1.54, 1.807) is 7.11 Å². The van der Waals surface area contributed by atoms with Gasteiger partial charge in [0.15, 0.2) is 0 Å². The van der Waals surface area contributed by atoms with Gasteiger partial charge in [-0.15, -0.1) is 0 Å². The molecule has 1 fully saturated rings. The number of hydrogen-bond donors (Lipinski definition) is 0. The molecule has 0 saturated carbocycles. The molecule has 2 aromatic rings. The normalized spacial score (nSPS) is 14.5. The van der Waals surface area contributed by atoms with Crippen LogP contribution in [0.25, 0.3) is 0 Å². The zero-order valence-corrected chi connectivity index (χ0v) is 15.3. The minimum absolute atomic E-state index is 0.174. The molecule has 4 nitrogen and oxygen atoms in total. The lowest BCUT2D eigenvalue weighted by atomic mass is 10.1.